The Morgan fingerprint density at radius 1 is 0.887 bits per heavy atom. The molecule has 1 aromatic heterocycles. The van der Waals surface area contributed by atoms with Crippen molar-refractivity contribution in [2.24, 2.45) is 23.7 Å². The van der Waals surface area contributed by atoms with E-state index in [9.17, 15) is 37.5 Å². The zero-order chi connectivity index (χ0) is 44.0. The van der Waals surface area contributed by atoms with Crippen LogP contribution in [-0.2, 0) is 33.5 Å². The molecule has 11 nitrogen and oxygen atoms in total. The van der Waals surface area contributed by atoms with E-state index in [1.54, 1.807) is 0 Å². The second kappa shape index (κ2) is 19.3. The number of hydrogen-bond acceptors (Lipinski definition) is 7. The largest absolute Gasteiger partial charge is 0.497 e. The number of likely N-dealkylation sites (tertiary alicyclic amines) is 1. The topological polar surface area (TPSA) is 142 Å². The number of nitrogens with zero attached hydrogens (tertiary/aromatic N) is 4. The Morgan fingerprint density at radius 2 is 1.58 bits per heavy atom. The van der Waals surface area contributed by atoms with Crippen molar-refractivity contribution in [2.45, 2.75) is 77.4 Å². The average Bonchev–Trinajstić information content (AvgIpc) is 3.25. The molecule has 1 atom stereocenters. The van der Waals surface area contributed by atoms with Crippen molar-refractivity contribution in [1.29, 1.82) is 0 Å². The van der Waals surface area contributed by atoms with E-state index in [-0.39, 0.29) is 48.7 Å². The highest BCUT2D eigenvalue weighted by Gasteiger charge is 2.37. The zero-order valence-corrected chi connectivity index (χ0v) is 35.0. The van der Waals surface area contributed by atoms with Crippen LogP contribution in [-0.4, -0.2) is 75.3 Å². The molecule has 7 rings (SSSR count). The summed E-state index contributed by atoms with van der Waals surface area (Å²) in [5.41, 5.74) is 3.11. The first-order valence-electron chi connectivity index (χ1n) is 21.3. The van der Waals surface area contributed by atoms with Gasteiger partial charge in [-0.2, -0.15) is 13.2 Å². The predicted octanol–water partition coefficient (Wildman–Crippen LogP) is 8.94. The number of rotatable bonds is 14. The maximum atomic E-state index is 13.9. The highest BCUT2D eigenvalue weighted by atomic mass is 19.4. The minimum atomic E-state index is -4.69. The Kier molecular flexibility index (Phi) is 13.7. The van der Waals surface area contributed by atoms with Gasteiger partial charge in [0.25, 0.3) is 5.91 Å². The molecule has 0 spiro atoms. The number of allylic oxidation sites excluding steroid dienone is 2. The van der Waals surface area contributed by atoms with Crippen molar-refractivity contribution in [1.82, 2.24) is 19.8 Å². The van der Waals surface area contributed by atoms with E-state index in [1.165, 1.54) is 97.4 Å². The van der Waals surface area contributed by atoms with Crippen molar-refractivity contribution < 1.29 is 42.2 Å². The van der Waals surface area contributed by atoms with Crippen LogP contribution in [0.25, 0.3) is 17.0 Å². The highest BCUT2D eigenvalue weighted by Crippen LogP contribution is 2.42. The van der Waals surface area contributed by atoms with Gasteiger partial charge < -0.3 is 25.0 Å². The summed E-state index contributed by atoms with van der Waals surface area (Å²) < 4.78 is 46.0. The van der Waals surface area contributed by atoms with Crippen LogP contribution in [0.2, 0.25) is 0 Å². The minimum Gasteiger partial charge on any atom is -0.497 e. The number of carbonyl (C=O) groups is 4. The van der Waals surface area contributed by atoms with Crippen molar-refractivity contribution in [3.63, 3.8) is 0 Å². The first kappa shape index (κ1) is 44.0. The summed E-state index contributed by atoms with van der Waals surface area (Å²) in [6.45, 7) is 2.16. The van der Waals surface area contributed by atoms with E-state index in [4.69, 9.17) is 4.74 Å². The van der Waals surface area contributed by atoms with E-state index < -0.39 is 47.8 Å². The molecule has 3 aromatic carbocycles. The Balaban J connectivity index is 0.992. The van der Waals surface area contributed by atoms with Gasteiger partial charge in [-0.1, -0.05) is 62.6 Å². The summed E-state index contributed by atoms with van der Waals surface area (Å²) in [6, 6.07) is 16.6. The Morgan fingerprint density at radius 3 is 2.18 bits per heavy atom. The fraction of sp³-hybridized carbons (Fsp3) is 0.417. The van der Waals surface area contributed by atoms with Gasteiger partial charge in [0.1, 0.15) is 12.3 Å². The zero-order valence-electron chi connectivity index (χ0n) is 35.0. The molecule has 1 unspecified atom stereocenters. The third-order valence-electron chi connectivity index (χ3n) is 12.8. The van der Waals surface area contributed by atoms with Crippen LogP contribution in [0.5, 0.6) is 5.75 Å². The maximum Gasteiger partial charge on any atom is 0.416 e. The summed E-state index contributed by atoms with van der Waals surface area (Å²) in [4.78, 5) is 63.5. The number of hydrogen-bond donors (Lipinski definition) is 2. The number of amides is 3. The number of carboxylic acids is 1. The molecule has 2 aliphatic carbocycles. The molecule has 1 saturated heterocycles. The number of anilines is 1. The Bertz CT molecular complexity index is 2270. The van der Waals surface area contributed by atoms with Gasteiger partial charge in [0.15, 0.2) is 5.82 Å². The second-order valence-electron chi connectivity index (χ2n) is 16.8. The lowest BCUT2D eigenvalue weighted by atomic mass is 9.71. The SMILES string of the molecule is CC[C@H]1CC[C@H](C2CC=C(c3cnc(-c4ccc(CN(CC(=O)N5CC(C(=O)O)C5)C(=O)c5ccc(NC(=O)Cc6ccc(OC)cc6C(F)(F)F)cc5)cc4)nc3)CC2)CC1. The van der Waals surface area contributed by atoms with E-state index in [0.717, 1.165) is 53.4 Å². The molecular formula is C48H52F3N5O6. The summed E-state index contributed by atoms with van der Waals surface area (Å²) >= 11 is 0. The van der Waals surface area contributed by atoms with Crippen LogP contribution < -0.4 is 10.1 Å². The van der Waals surface area contributed by atoms with Crippen molar-refractivity contribution >= 4 is 35.0 Å². The minimum absolute atomic E-state index is 0.0127. The average molecular weight is 852 g/mol. The predicted molar refractivity (Wildman–Crippen MR) is 228 cm³/mol. The van der Waals surface area contributed by atoms with Crippen molar-refractivity contribution in [3.05, 3.63) is 113 Å². The molecule has 14 heteroatoms. The van der Waals surface area contributed by atoms with Gasteiger partial charge in [0.2, 0.25) is 11.8 Å². The number of alkyl halides is 3. The fourth-order valence-corrected chi connectivity index (χ4v) is 8.89. The van der Waals surface area contributed by atoms with Gasteiger partial charge >= 0.3 is 12.1 Å². The van der Waals surface area contributed by atoms with E-state index in [2.05, 4.69) is 28.3 Å². The molecule has 2 fully saturated rings. The number of aromatic nitrogens is 2. The lowest BCUT2D eigenvalue weighted by Gasteiger charge is -2.38. The lowest BCUT2D eigenvalue weighted by Crippen LogP contribution is -2.55. The number of benzene rings is 3. The van der Waals surface area contributed by atoms with Crippen LogP contribution in [0.15, 0.2) is 85.2 Å². The van der Waals surface area contributed by atoms with Crippen LogP contribution in [0.4, 0.5) is 18.9 Å². The summed E-state index contributed by atoms with van der Waals surface area (Å²) in [7, 11) is 1.25. The van der Waals surface area contributed by atoms with Gasteiger partial charge in [-0.25, -0.2) is 9.97 Å². The van der Waals surface area contributed by atoms with Gasteiger partial charge in [0.05, 0.1) is 25.0 Å². The van der Waals surface area contributed by atoms with Crippen LogP contribution in [0.1, 0.15) is 90.9 Å². The number of halogens is 3. The van der Waals surface area contributed by atoms with Crippen molar-refractivity contribution in [2.75, 3.05) is 32.1 Å². The molecule has 3 amide bonds. The smallest absolute Gasteiger partial charge is 0.416 e. The highest BCUT2D eigenvalue weighted by molar-refractivity contribution is 5.98. The molecule has 0 radical (unpaired) electrons. The normalized spacial score (nSPS) is 19.2. The summed E-state index contributed by atoms with van der Waals surface area (Å²) in [5, 5.41) is 11.9. The molecule has 326 valence electrons. The monoisotopic (exact) mass is 851 g/mol. The molecule has 3 aliphatic rings. The van der Waals surface area contributed by atoms with Gasteiger partial charge in [0, 0.05) is 54.4 Å². The maximum absolute atomic E-state index is 13.9. The Labute approximate surface area is 359 Å². The molecule has 2 heterocycles. The Hall–Kier alpha value is -6.05. The summed E-state index contributed by atoms with van der Waals surface area (Å²) in [6.07, 6.45) is 11.0. The van der Waals surface area contributed by atoms with Gasteiger partial charge in [-0.3, -0.25) is 19.2 Å². The number of nitrogens with one attached hydrogen (secondary N) is 1. The number of ether oxygens (including phenoxy) is 1. The molecule has 4 aromatic rings. The first-order chi connectivity index (χ1) is 29.8. The number of carboxylic acid groups (broad SMARTS) is 1. The second-order valence-corrected chi connectivity index (χ2v) is 16.8. The van der Waals surface area contributed by atoms with Crippen LogP contribution >= 0.6 is 0 Å². The molecule has 1 saturated carbocycles. The molecule has 1 aliphatic heterocycles. The van der Waals surface area contributed by atoms with Crippen molar-refractivity contribution in [3.8, 4) is 17.1 Å². The third kappa shape index (κ3) is 10.7. The van der Waals surface area contributed by atoms with Gasteiger partial charge in [-0.15, -0.1) is 0 Å². The van der Waals surface area contributed by atoms with Crippen LogP contribution in [0.3, 0.4) is 0 Å². The third-order valence-corrected chi connectivity index (χ3v) is 12.8. The van der Waals surface area contributed by atoms with E-state index in [1.807, 2.05) is 36.7 Å². The number of aliphatic carboxylic acids is 1. The van der Waals surface area contributed by atoms with E-state index >= 15 is 0 Å². The molecule has 62 heavy (non-hydrogen) atoms. The number of methoxy groups -OCH3 is 1. The van der Waals surface area contributed by atoms with Gasteiger partial charge in [-0.05, 0) is 103 Å². The standard InChI is InChI=1S/C48H52F3N5O6/c1-3-30-4-8-32(9-5-30)33-12-14-34(15-13-33)38-24-52-45(53-25-38)35-10-6-31(7-11-35)26-56(29-44(58)55-27-39(28-55)47(60)61)46(59)36-16-19-40(20-17-36)54-43(57)22-37-18-21-41(62-2)23-42(37)48(49,50)51/h6-7,10-11,14,16-21,23-25,30,32-33,39H,3-5,8-9,12-13,15,22,26-29H2,1-2H3,(H,54,57)(H,60,61)/t30-,32-,33?. The first-order valence-corrected chi connectivity index (χ1v) is 21.3. The molecular weight excluding hydrogens is 800 g/mol. The summed E-state index contributed by atoms with van der Waals surface area (Å²) in [5.74, 6) is -0.152. The quantitative estimate of drug-likeness (QED) is 0.128. The number of carbonyl (C=O) groups excluding carboxylic acids is 3. The molecule has 0 bridgehead atoms. The van der Waals surface area contributed by atoms with Crippen LogP contribution in [0, 0.1) is 23.7 Å². The molecule has 2 N–H and O–H groups in total. The lowest BCUT2D eigenvalue weighted by molar-refractivity contribution is -0.153. The fourth-order valence-electron chi connectivity index (χ4n) is 8.89. The van der Waals surface area contributed by atoms with E-state index in [0.29, 0.717) is 5.82 Å².